The maximum Gasteiger partial charge on any atom is 0.138 e. The molecule has 5 nitrogen and oxygen atoms in total. The number of rotatable bonds is 7. The van der Waals surface area contributed by atoms with Gasteiger partial charge in [0, 0.05) is 48.7 Å². The van der Waals surface area contributed by atoms with Crippen LogP contribution in [0.2, 0.25) is 5.02 Å². The number of aliphatic hydroxyl groups is 1. The second-order valence-electron chi connectivity index (χ2n) is 11.4. The zero-order chi connectivity index (χ0) is 27.1. The first-order chi connectivity index (χ1) is 19.6. The lowest BCUT2D eigenvalue weighted by Gasteiger charge is -2.47. The van der Waals surface area contributed by atoms with E-state index in [4.69, 9.17) is 16.3 Å². The van der Waals surface area contributed by atoms with Crippen LogP contribution in [-0.2, 0) is 13.0 Å². The Morgan fingerprint density at radius 2 is 1.70 bits per heavy atom. The monoisotopic (exact) mass is 551 g/mol. The Bertz CT molecular complexity index is 1570. The van der Waals surface area contributed by atoms with Crippen molar-refractivity contribution in [2.45, 2.75) is 44.0 Å². The van der Waals surface area contributed by atoms with Crippen molar-refractivity contribution in [3.63, 3.8) is 0 Å². The van der Waals surface area contributed by atoms with E-state index in [0.717, 1.165) is 49.8 Å². The molecule has 40 heavy (non-hydrogen) atoms. The topological polar surface area (TPSA) is 48.8 Å². The van der Waals surface area contributed by atoms with Crippen molar-refractivity contribution in [3.05, 3.63) is 107 Å². The predicted octanol–water partition coefficient (Wildman–Crippen LogP) is 6.10. The molecule has 0 radical (unpaired) electrons. The number of fused-ring (bicyclic) bond motifs is 8. The molecule has 0 unspecified atom stereocenters. The van der Waals surface area contributed by atoms with Gasteiger partial charge in [0.25, 0.3) is 0 Å². The van der Waals surface area contributed by atoms with Crippen LogP contribution >= 0.6 is 11.6 Å². The molecule has 2 bridgehead atoms. The molecule has 1 fully saturated rings. The summed E-state index contributed by atoms with van der Waals surface area (Å²) in [6, 6.07) is 24.2. The standard InChI is InChI=1S/C34H34ClN3O2/c35-27-11-10-25-15-31(17-36-34(25)16-27)40-22-30(39)21-38-20-28-6-2-3-7-29(38)19-37(28)18-23-9-12-33-26(13-23)14-24-5-1-4-8-32(24)33/h1-5,8-13,15-17,28-30,39H,6-7,14,18-22H2/b3-2-/t28-,29-,30-/m0/s1. The van der Waals surface area contributed by atoms with Gasteiger partial charge in [0.2, 0.25) is 0 Å². The Morgan fingerprint density at radius 3 is 2.60 bits per heavy atom. The molecule has 1 aromatic heterocycles. The van der Waals surface area contributed by atoms with Gasteiger partial charge in [-0.3, -0.25) is 14.8 Å². The zero-order valence-electron chi connectivity index (χ0n) is 22.5. The van der Waals surface area contributed by atoms with Gasteiger partial charge in [-0.2, -0.15) is 0 Å². The first kappa shape index (κ1) is 25.7. The fourth-order valence-corrected chi connectivity index (χ4v) is 6.81. The highest BCUT2D eigenvalue weighted by Gasteiger charge is 2.35. The van der Waals surface area contributed by atoms with Crippen molar-refractivity contribution in [3.8, 4) is 16.9 Å². The molecule has 4 heterocycles. The summed E-state index contributed by atoms with van der Waals surface area (Å²) in [4.78, 5) is 9.58. The highest BCUT2D eigenvalue weighted by molar-refractivity contribution is 6.31. The van der Waals surface area contributed by atoms with Crippen LogP contribution in [0.15, 0.2) is 85.1 Å². The summed E-state index contributed by atoms with van der Waals surface area (Å²) >= 11 is 6.07. The van der Waals surface area contributed by atoms with E-state index in [1.165, 1.54) is 27.8 Å². The number of ether oxygens (including phenoxy) is 1. The molecule has 0 amide bonds. The van der Waals surface area contributed by atoms with Crippen LogP contribution in [0.4, 0.5) is 0 Å². The third kappa shape index (κ3) is 5.27. The second kappa shape index (κ2) is 11.0. The van der Waals surface area contributed by atoms with Gasteiger partial charge in [0.1, 0.15) is 18.5 Å². The fraction of sp³-hybridized carbons (Fsp3) is 0.324. The molecule has 3 atom stereocenters. The van der Waals surface area contributed by atoms with Crippen molar-refractivity contribution in [2.24, 2.45) is 0 Å². The molecule has 0 spiro atoms. The normalized spacial score (nSPS) is 21.9. The molecule has 204 valence electrons. The number of aliphatic hydroxyl groups excluding tert-OH is 1. The van der Waals surface area contributed by atoms with E-state index in [9.17, 15) is 5.11 Å². The smallest absolute Gasteiger partial charge is 0.138 e. The molecule has 8 rings (SSSR count). The number of piperazine rings is 1. The van der Waals surface area contributed by atoms with E-state index in [1.807, 2.05) is 24.3 Å². The molecule has 6 heteroatoms. The average molecular weight is 552 g/mol. The van der Waals surface area contributed by atoms with Crippen LogP contribution in [0.3, 0.4) is 0 Å². The maximum absolute atomic E-state index is 10.9. The average Bonchev–Trinajstić information content (AvgIpc) is 3.31. The summed E-state index contributed by atoms with van der Waals surface area (Å²) in [5.41, 5.74) is 7.89. The highest BCUT2D eigenvalue weighted by Crippen LogP contribution is 2.37. The summed E-state index contributed by atoms with van der Waals surface area (Å²) in [5, 5.41) is 12.6. The second-order valence-corrected chi connectivity index (χ2v) is 11.9. The fourth-order valence-electron chi connectivity index (χ4n) is 6.64. The van der Waals surface area contributed by atoms with Gasteiger partial charge in [0.15, 0.2) is 0 Å². The molecule has 1 saturated heterocycles. The van der Waals surface area contributed by atoms with E-state index < -0.39 is 6.10 Å². The van der Waals surface area contributed by atoms with Crippen LogP contribution in [-0.4, -0.2) is 64.3 Å². The first-order valence-corrected chi connectivity index (χ1v) is 14.7. The molecule has 4 aromatic rings. The SMILES string of the molecule is O[C@H](COc1cnc2cc(Cl)ccc2c1)CN1C[C@@H]2C/C=C\C[C@H]1CN2Cc1ccc2c(c1)Cc1ccccc1-2. The molecular formula is C34H34ClN3O2. The lowest BCUT2D eigenvalue weighted by Crippen LogP contribution is -2.59. The van der Waals surface area contributed by atoms with Crippen LogP contribution in [0.5, 0.6) is 5.75 Å². The van der Waals surface area contributed by atoms with Gasteiger partial charge >= 0.3 is 0 Å². The first-order valence-electron chi connectivity index (χ1n) is 14.3. The number of halogens is 1. The summed E-state index contributed by atoms with van der Waals surface area (Å²) in [7, 11) is 0. The van der Waals surface area contributed by atoms with Crippen molar-refractivity contribution < 1.29 is 9.84 Å². The third-order valence-electron chi connectivity index (χ3n) is 8.66. The van der Waals surface area contributed by atoms with Crippen LogP contribution in [0.25, 0.3) is 22.0 Å². The number of hydrogen-bond acceptors (Lipinski definition) is 5. The lowest BCUT2D eigenvalue weighted by molar-refractivity contribution is -0.0126. The molecule has 3 aromatic carbocycles. The number of nitrogens with zero attached hydrogens (tertiary/aromatic N) is 3. The number of hydrogen-bond donors (Lipinski definition) is 1. The quantitative estimate of drug-likeness (QED) is 0.248. The Balaban J connectivity index is 0.982. The minimum atomic E-state index is -0.572. The van der Waals surface area contributed by atoms with Crippen molar-refractivity contribution >= 4 is 22.5 Å². The van der Waals surface area contributed by atoms with Crippen LogP contribution in [0.1, 0.15) is 29.5 Å². The Labute approximate surface area is 240 Å². The minimum Gasteiger partial charge on any atom is -0.489 e. The number of aromatic nitrogens is 1. The largest absolute Gasteiger partial charge is 0.489 e. The van der Waals surface area contributed by atoms with E-state index >= 15 is 0 Å². The van der Waals surface area contributed by atoms with Gasteiger partial charge in [-0.15, -0.1) is 0 Å². The van der Waals surface area contributed by atoms with Gasteiger partial charge < -0.3 is 9.84 Å². The van der Waals surface area contributed by atoms with Crippen molar-refractivity contribution in [2.75, 3.05) is 26.2 Å². The predicted molar refractivity (Wildman–Crippen MR) is 161 cm³/mol. The maximum atomic E-state index is 10.9. The van der Waals surface area contributed by atoms with Gasteiger partial charge in [-0.1, -0.05) is 72.3 Å². The lowest BCUT2D eigenvalue weighted by atomic mass is 9.95. The Hall–Kier alpha value is -3.22. The highest BCUT2D eigenvalue weighted by atomic mass is 35.5. The summed E-state index contributed by atoms with van der Waals surface area (Å²) in [6.45, 7) is 3.79. The van der Waals surface area contributed by atoms with E-state index in [-0.39, 0.29) is 6.61 Å². The summed E-state index contributed by atoms with van der Waals surface area (Å²) < 4.78 is 5.95. The van der Waals surface area contributed by atoms with E-state index in [2.05, 4.69) is 69.4 Å². The van der Waals surface area contributed by atoms with Gasteiger partial charge in [-0.25, -0.2) is 0 Å². The van der Waals surface area contributed by atoms with Crippen molar-refractivity contribution in [1.29, 1.82) is 0 Å². The molecule has 1 aliphatic carbocycles. The van der Waals surface area contributed by atoms with Crippen LogP contribution in [0, 0.1) is 0 Å². The van der Waals surface area contributed by atoms with E-state index in [0.29, 0.717) is 29.4 Å². The van der Waals surface area contributed by atoms with Crippen LogP contribution < -0.4 is 4.74 Å². The summed E-state index contributed by atoms with van der Waals surface area (Å²) in [6.07, 6.45) is 8.88. The molecule has 4 aliphatic rings. The molecular weight excluding hydrogens is 518 g/mol. The minimum absolute atomic E-state index is 0.242. The molecule has 1 N–H and O–H groups in total. The Morgan fingerprint density at radius 1 is 0.900 bits per heavy atom. The summed E-state index contributed by atoms with van der Waals surface area (Å²) in [5.74, 6) is 0.662. The zero-order valence-corrected chi connectivity index (χ0v) is 23.3. The number of benzene rings is 3. The van der Waals surface area contributed by atoms with Gasteiger partial charge in [0.05, 0.1) is 11.7 Å². The molecule has 3 aliphatic heterocycles. The third-order valence-corrected chi connectivity index (χ3v) is 8.89. The number of pyridine rings is 1. The molecule has 0 saturated carbocycles. The van der Waals surface area contributed by atoms with Gasteiger partial charge in [-0.05, 0) is 65.3 Å². The van der Waals surface area contributed by atoms with Crippen molar-refractivity contribution in [1.82, 2.24) is 14.8 Å². The van der Waals surface area contributed by atoms with E-state index in [1.54, 1.807) is 6.20 Å². The Kier molecular flexibility index (Phi) is 7.06.